The van der Waals surface area contributed by atoms with Gasteiger partial charge in [0.1, 0.15) is 11.5 Å². The van der Waals surface area contributed by atoms with E-state index >= 15 is 0 Å². The van der Waals surface area contributed by atoms with Crippen LogP contribution in [-0.2, 0) is 10.2 Å². The summed E-state index contributed by atoms with van der Waals surface area (Å²) in [5, 5.41) is 0. The van der Waals surface area contributed by atoms with Gasteiger partial charge in [0.25, 0.3) is 0 Å². The summed E-state index contributed by atoms with van der Waals surface area (Å²) in [6, 6.07) is 5.37. The van der Waals surface area contributed by atoms with Crippen molar-refractivity contribution in [2.45, 2.75) is 26.2 Å². The van der Waals surface area contributed by atoms with Crippen molar-refractivity contribution in [3.8, 4) is 11.5 Å². The van der Waals surface area contributed by atoms with Crippen LogP contribution in [0.4, 0.5) is 4.79 Å². The molecule has 0 spiro atoms. The maximum absolute atomic E-state index is 11.1. The quantitative estimate of drug-likeness (QED) is 0.586. The van der Waals surface area contributed by atoms with Gasteiger partial charge in [0.15, 0.2) is 0 Å². The summed E-state index contributed by atoms with van der Waals surface area (Å²) in [7, 11) is 2.84. The predicted molar refractivity (Wildman–Crippen MR) is 64.7 cm³/mol. The van der Waals surface area contributed by atoms with Gasteiger partial charge >= 0.3 is 6.16 Å². The van der Waals surface area contributed by atoms with Gasteiger partial charge in [-0.25, -0.2) is 4.79 Å². The first-order valence-electron chi connectivity index (χ1n) is 5.32. The molecule has 17 heavy (non-hydrogen) atoms. The second-order valence-electron chi connectivity index (χ2n) is 4.70. The molecule has 0 heterocycles. The minimum Gasteiger partial charge on any atom is -0.497 e. The minimum absolute atomic E-state index is 0.0528. The zero-order valence-electron chi connectivity index (χ0n) is 10.9. The van der Waals surface area contributed by atoms with E-state index in [-0.39, 0.29) is 5.41 Å². The van der Waals surface area contributed by atoms with Crippen molar-refractivity contribution in [2.75, 3.05) is 14.2 Å². The Morgan fingerprint density at radius 3 is 2.12 bits per heavy atom. The highest BCUT2D eigenvalue weighted by atomic mass is 16.7. The van der Waals surface area contributed by atoms with Gasteiger partial charge in [-0.2, -0.15) is 0 Å². The molecule has 0 aliphatic heterocycles. The lowest BCUT2D eigenvalue weighted by Crippen LogP contribution is -2.13. The van der Waals surface area contributed by atoms with Gasteiger partial charge in [-0.1, -0.05) is 20.8 Å². The predicted octanol–water partition coefficient (Wildman–Crippen LogP) is 3.14. The van der Waals surface area contributed by atoms with Gasteiger partial charge in [-0.3, -0.25) is 0 Å². The maximum Gasteiger partial charge on any atom is 0.513 e. The summed E-state index contributed by atoms with van der Waals surface area (Å²) >= 11 is 0. The lowest BCUT2D eigenvalue weighted by atomic mass is 9.87. The molecule has 0 fully saturated rings. The average molecular weight is 238 g/mol. The average Bonchev–Trinajstić information content (AvgIpc) is 2.27. The molecule has 0 aliphatic carbocycles. The molecule has 0 bridgehead atoms. The van der Waals surface area contributed by atoms with Crippen molar-refractivity contribution >= 4 is 6.16 Å². The first kappa shape index (κ1) is 13.4. The fourth-order valence-electron chi connectivity index (χ4n) is 1.32. The van der Waals surface area contributed by atoms with Crippen LogP contribution < -0.4 is 9.47 Å². The molecule has 1 rings (SSSR count). The van der Waals surface area contributed by atoms with Crippen LogP contribution in [0.25, 0.3) is 0 Å². The van der Waals surface area contributed by atoms with E-state index in [1.165, 1.54) is 7.11 Å². The van der Waals surface area contributed by atoms with E-state index in [2.05, 4.69) is 25.5 Å². The van der Waals surface area contributed by atoms with Crippen LogP contribution in [-0.4, -0.2) is 20.4 Å². The molecule has 1 aromatic carbocycles. The molecule has 0 amide bonds. The third-order valence-corrected chi connectivity index (χ3v) is 2.35. The number of ether oxygens (including phenoxy) is 3. The highest BCUT2D eigenvalue weighted by Gasteiger charge is 2.17. The molecule has 0 saturated carbocycles. The second kappa shape index (κ2) is 5.08. The third-order valence-electron chi connectivity index (χ3n) is 2.35. The minimum atomic E-state index is -0.738. The van der Waals surface area contributed by atoms with Crippen molar-refractivity contribution in [3.05, 3.63) is 23.8 Å². The first-order chi connectivity index (χ1) is 7.86. The van der Waals surface area contributed by atoms with Gasteiger partial charge in [0.2, 0.25) is 0 Å². The largest absolute Gasteiger partial charge is 0.513 e. The van der Waals surface area contributed by atoms with Gasteiger partial charge in [-0.15, -0.1) is 0 Å². The van der Waals surface area contributed by atoms with Crippen LogP contribution in [0.2, 0.25) is 0 Å². The number of carbonyl (C=O) groups is 1. The topological polar surface area (TPSA) is 44.8 Å². The Balaban J connectivity index is 3.10. The van der Waals surface area contributed by atoms with Crippen LogP contribution in [0.3, 0.4) is 0 Å². The number of hydrogen-bond acceptors (Lipinski definition) is 4. The standard InChI is InChI=1S/C13H18O4/c1-13(2,3)9-6-10(15-4)8-11(7-9)17-12(14)16-5/h6-8H,1-5H3. The summed E-state index contributed by atoms with van der Waals surface area (Å²) in [6.07, 6.45) is -0.738. The molecule has 0 N–H and O–H groups in total. The highest BCUT2D eigenvalue weighted by molar-refractivity contribution is 5.64. The number of benzene rings is 1. The van der Waals surface area contributed by atoms with E-state index in [0.29, 0.717) is 11.5 Å². The fraction of sp³-hybridized carbons (Fsp3) is 0.462. The maximum atomic E-state index is 11.1. The summed E-state index contributed by atoms with van der Waals surface area (Å²) in [5.41, 5.74) is 0.971. The van der Waals surface area contributed by atoms with E-state index in [1.807, 2.05) is 6.07 Å². The summed E-state index contributed by atoms with van der Waals surface area (Å²) in [6.45, 7) is 6.22. The molecule has 0 atom stereocenters. The molecular weight excluding hydrogens is 220 g/mol. The zero-order valence-corrected chi connectivity index (χ0v) is 10.9. The molecule has 0 radical (unpaired) electrons. The molecule has 0 aliphatic rings. The Morgan fingerprint density at radius 1 is 1.06 bits per heavy atom. The van der Waals surface area contributed by atoms with Gasteiger partial charge in [0.05, 0.1) is 14.2 Å². The Labute approximate surface area is 101 Å². The SMILES string of the molecule is COC(=O)Oc1cc(OC)cc(C(C)(C)C)c1. The van der Waals surface area contributed by atoms with Crippen LogP contribution in [0.15, 0.2) is 18.2 Å². The van der Waals surface area contributed by atoms with E-state index < -0.39 is 6.16 Å². The summed E-state index contributed by atoms with van der Waals surface area (Å²) in [5.74, 6) is 1.07. The van der Waals surface area contributed by atoms with Crippen LogP contribution >= 0.6 is 0 Å². The lowest BCUT2D eigenvalue weighted by Gasteiger charge is -2.20. The zero-order chi connectivity index (χ0) is 13.1. The van der Waals surface area contributed by atoms with Gasteiger partial charge in [0, 0.05) is 6.07 Å². The lowest BCUT2D eigenvalue weighted by molar-refractivity contribution is 0.121. The van der Waals surface area contributed by atoms with Crippen LogP contribution in [0, 0.1) is 0 Å². The van der Waals surface area contributed by atoms with E-state index in [0.717, 1.165) is 5.56 Å². The van der Waals surface area contributed by atoms with Crippen molar-refractivity contribution < 1.29 is 19.0 Å². The van der Waals surface area contributed by atoms with Crippen molar-refractivity contribution in [2.24, 2.45) is 0 Å². The Morgan fingerprint density at radius 2 is 1.65 bits per heavy atom. The number of methoxy groups -OCH3 is 2. The molecule has 0 aromatic heterocycles. The Hall–Kier alpha value is -1.71. The number of carbonyl (C=O) groups excluding carboxylic acids is 1. The van der Waals surface area contributed by atoms with E-state index in [9.17, 15) is 4.79 Å². The molecule has 1 aromatic rings. The first-order valence-corrected chi connectivity index (χ1v) is 5.32. The number of hydrogen-bond donors (Lipinski definition) is 0. The van der Waals surface area contributed by atoms with Gasteiger partial charge in [-0.05, 0) is 23.1 Å². The van der Waals surface area contributed by atoms with Crippen LogP contribution in [0.5, 0.6) is 11.5 Å². The Bertz CT molecular complexity index is 404. The molecule has 0 saturated heterocycles. The normalized spacial score (nSPS) is 10.9. The summed E-state index contributed by atoms with van der Waals surface area (Å²) in [4.78, 5) is 11.1. The monoisotopic (exact) mass is 238 g/mol. The molecule has 94 valence electrons. The van der Waals surface area contributed by atoms with Crippen molar-refractivity contribution in [3.63, 3.8) is 0 Å². The van der Waals surface area contributed by atoms with E-state index in [1.54, 1.807) is 19.2 Å². The molecule has 4 nitrogen and oxygen atoms in total. The molecule has 0 unspecified atom stereocenters. The second-order valence-corrected chi connectivity index (χ2v) is 4.70. The van der Waals surface area contributed by atoms with Gasteiger partial charge < -0.3 is 14.2 Å². The van der Waals surface area contributed by atoms with E-state index in [4.69, 9.17) is 9.47 Å². The molecule has 4 heteroatoms. The fourth-order valence-corrected chi connectivity index (χ4v) is 1.32. The third kappa shape index (κ3) is 3.66. The van der Waals surface area contributed by atoms with Crippen LogP contribution in [0.1, 0.15) is 26.3 Å². The number of rotatable bonds is 2. The summed E-state index contributed by atoms with van der Waals surface area (Å²) < 4.78 is 14.6. The Kier molecular flexibility index (Phi) is 3.99. The smallest absolute Gasteiger partial charge is 0.497 e. The highest BCUT2D eigenvalue weighted by Crippen LogP contribution is 2.30. The van der Waals surface area contributed by atoms with Crippen molar-refractivity contribution in [1.82, 2.24) is 0 Å². The van der Waals surface area contributed by atoms with Crippen molar-refractivity contribution in [1.29, 1.82) is 0 Å². The molecular formula is C13H18O4.